The molecule has 0 radical (unpaired) electrons. The van der Waals surface area contributed by atoms with Gasteiger partial charge in [0, 0.05) is 12.1 Å². The normalized spacial score (nSPS) is 17.0. The monoisotopic (exact) mass is 290 g/mol. The van der Waals surface area contributed by atoms with Crippen molar-refractivity contribution >= 4 is 5.97 Å². The number of carboxylic acids is 1. The van der Waals surface area contributed by atoms with Gasteiger partial charge < -0.3 is 5.11 Å². The topological polar surface area (TPSA) is 63.1 Å². The van der Waals surface area contributed by atoms with Gasteiger partial charge in [-0.15, -0.1) is 0 Å². The van der Waals surface area contributed by atoms with Gasteiger partial charge in [-0.1, -0.05) is 24.3 Å². The lowest BCUT2D eigenvalue weighted by Crippen LogP contribution is -2.12. The Morgan fingerprint density at radius 3 is 2.81 bits per heavy atom. The largest absolute Gasteiger partial charge is 0.478 e. The molecule has 21 heavy (non-hydrogen) atoms. The summed E-state index contributed by atoms with van der Waals surface area (Å²) >= 11 is 0. The molecular formula is C15H12F2N2O2. The minimum absolute atomic E-state index is 0.151. The third-order valence-electron chi connectivity index (χ3n) is 3.72. The summed E-state index contributed by atoms with van der Waals surface area (Å²) in [6.07, 6.45) is -0.370. The van der Waals surface area contributed by atoms with Crippen LogP contribution in [-0.2, 0) is 6.42 Å². The van der Waals surface area contributed by atoms with Crippen LogP contribution in [0.1, 0.15) is 51.8 Å². The van der Waals surface area contributed by atoms with Crippen LogP contribution in [0.3, 0.4) is 0 Å². The minimum atomic E-state index is -2.94. The molecule has 1 aliphatic carbocycles. The molecule has 0 fully saturated rings. The predicted octanol–water partition coefficient (Wildman–Crippen LogP) is 3.19. The quantitative estimate of drug-likeness (QED) is 0.943. The van der Waals surface area contributed by atoms with Crippen molar-refractivity contribution < 1.29 is 18.7 Å². The molecule has 3 rings (SSSR count). The van der Waals surface area contributed by atoms with Crippen molar-refractivity contribution in [1.29, 1.82) is 0 Å². The third kappa shape index (κ3) is 2.37. The number of rotatable bonds is 3. The Hall–Kier alpha value is -2.37. The predicted molar refractivity (Wildman–Crippen MR) is 70.6 cm³/mol. The van der Waals surface area contributed by atoms with Gasteiger partial charge in [-0.25, -0.2) is 23.5 Å². The maximum Gasteiger partial charge on any atom is 0.339 e. The molecule has 1 aromatic carbocycles. The highest BCUT2D eigenvalue weighted by molar-refractivity contribution is 5.88. The molecule has 1 unspecified atom stereocenters. The van der Waals surface area contributed by atoms with Crippen molar-refractivity contribution in [1.82, 2.24) is 9.97 Å². The Balaban J connectivity index is 2.05. The third-order valence-corrected chi connectivity index (χ3v) is 3.72. The average Bonchev–Trinajstić information content (AvgIpc) is 2.90. The molecule has 0 saturated carbocycles. The molecule has 1 atom stereocenters. The average molecular weight is 290 g/mol. The molecule has 1 N–H and O–H groups in total. The van der Waals surface area contributed by atoms with E-state index in [1.807, 2.05) is 24.3 Å². The fourth-order valence-electron chi connectivity index (χ4n) is 2.73. The lowest BCUT2D eigenvalue weighted by Gasteiger charge is -2.12. The molecule has 0 amide bonds. The van der Waals surface area contributed by atoms with Crippen molar-refractivity contribution in [2.45, 2.75) is 25.2 Å². The molecule has 1 aliphatic rings. The molecular weight excluding hydrogens is 278 g/mol. The molecule has 0 spiro atoms. The van der Waals surface area contributed by atoms with Crippen LogP contribution < -0.4 is 0 Å². The summed E-state index contributed by atoms with van der Waals surface area (Å²) in [7, 11) is 0. The number of hydrogen-bond donors (Lipinski definition) is 1. The second-order valence-corrected chi connectivity index (χ2v) is 4.92. The van der Waals surface area contributed by atoms with Crippen molar-refractivity contribution in [2.24, 2.45) is 0 Å². The lowest BCUT2D eigenvalue weighted by atomic mass is 10.0. The van der Waals surface area contributed by atoms with E-state index in [4.69, 9.17) is 5.11 Å². The first-order valence-electron chi connectivity index (χ1n) is 6.54. The van der Waals surface area contributed by atoms with Crippen LogP contribution in [0.25, 0.3) is 0 Å². The van der Waals surface area contributed by atoms with E-state index in [1.165, 1.54) is 0 Å². The number of benzene rings is 1. The second kappa shape index (κ2) is 5.20. The smallest absolute Gasteiger partial charge is 0.339 e. The van der Waals surface area contributed by atoms with E-state index in [1.54, 1.807) is 0 Å². The van der Waals surface area contributed by atoms with Gasteiger partial charge in [-0.3, -0.25) is 0 Å². The number of carboxylic acid groups (broad SMARTS) is 1. The number of carbonyl (C=O) groups is 1. The molecule has 1 heterocycles. The van der Waals surface area contributed by atoms with E-state index < -0.39 is 23.7 Å². The molecule has 6 heteroatoms. The van der Waals surface area contributed by atoms with Gasteiger partial charge in [0.05, 0.1) is 0 Å². The Kier molecular flexibility index (Phi) is 3.37. The van der Waals surface area contributed by atoms with Crippen molar-refractivity contribution in [3.63, 3.8) is 0 Å². The van der Waals surface area contributed by atoms with E-state index in [0.717, 1.165) is 30.2 Å². The van der Waals surface area contributed by atoms with Crippen LogP contribution in [0, 0.1) is 0 Å². The van der Waals surface area contributed by atoms with Crippen LogP contribution in [0.5, 0.6) is 0 Å². The Bertz CT molecular complexity index is 704. The first-order valence-corrected chi connectivity index (χ1v) is 6.54. The van der Waals surface area contributed by atoms with E-state index in [2.05, 4.69) is 9.97 Å². The molecule has 1 aromatic heterocycles. The molecule has 0 aliphatic heterocycles. The van der Waals surface area contributed by atoms with Gasteiger partial charge >= 0.3 is 5.97 Å². The number of fused-ring (bicyclic) bond motifs is 1. The molecule has 0 saturated heterocycles. The Morgan fingerprint density at radius 1 is 1.33 bits per heavy atom. The highest BCUT2D eigenvalue weighted by Gasteiger charge is 2.28. The van der Waals surface area contributed by atoms with E-state index >= 15 is 0 Å². The first-order chi connectivity index (χ1) is 10.1. The van der Waals surface area contributed by atoms with E-state index in [9.17, 15) is 13.6 Å². The van der Waals surface area contributed by atoms with Gasteiger partial charge in [0.15, 0.2) is 0 Å². The Labute approximate surface area is 119 Å². The summed E-state index contributed by atoms with van der Waals surface area (Å²) in [6, 6.07) is 7.75. The summed E-state index contributed by atoms with van der Waals surface area (Å²) in [4.78, 5) is 18.8. The standard InChI is InChI=1S/C15H12F2N2O2/c16-13(17)12-11(15(20)21)7-18-14(19-12)10-6-5-8-3-1-2-4-9(8)10/h1-4,7,10,13H,5-6H2,(H,20,21). The van der Waals surface area contributed by atoms with Crippen molar-refractivity contribution in [3.8, 4) is 0 Å². The summed E-state index contributed by atoms with van der Waals surface area (Å²) < 4.78 is 26.0. The SMILES string of the molecule is O=C(O)c1cnc(C2CCc3ccccc32)nc1C(F)F. The van der Waals surface area contributed by atoms with Crippen molar-refractivity contribution in [2.75, 3.05) is 0 Å². The summed E-state index contributed by atoms with van der Waals surface area (Å²) in [6.45, 7) is 0. The maximum atomic E-state index is 13.0. The van der Waals surface area contributed by atoms with Gasteiger partial charge in [-0.2, -0.15) is 0 Å². The van der Waals surface area contributed by atoms with Crippen LogP contribution in [0.2, 0.25) is 0 Å². The fourth-order valence-corrected chi connectivity index (χ4v) is 2.73. The number of halogens is 2. The zero-order chi connectivity index (χ0) is 15.0. The fraction of sp³-hybridized carbons (Fsp3) is 0.267. The van der Waals surface area contributed by atoms with Crippen LogP contribution >= 0.6 is 0 Å². The highest BCUT2D eigenvalue weighted by atomic mass is 19.3. The molecule has 0 bridgehead atoms. The van der Waals surface area contributed by atoms with Gasteiger partial charge in [-0.05, 0) is 24.0 Å². The number of nitrogens with zero attached hydrogens (tertiary/aromatic N) is 2. The summed E-state index contributed by atoms with van der Waals surface area (Å²) in [5, 5.41) is 8.92. The molecule has 108 valence electrons. The number of hydrogen-bond acceptors (Lipinski definition) is 3. The number of alkyl halides is 2. The number of aryl methyl sites for hydroxylation is 1. The van der Waals surface area contributed by atoms with Crippen LogP contribution in [-0.4, -0.2) is 21.0 Å². The van der Waals surface area contributed by atoms with Gasteiger partial charge in [0.1, 0.15) is 17.1 Å². The zero-order valence-electron chi connectivity index (χ0n) is 11.0. The number of aromatic nitrogens is 2. The Morgan fingerprint density at radius 2 is 2.10 bits per heavy atom. The van der Waals surface area contributed by atoms with Crippen LogP contribution in [0.15, 0.2) is 30.5 Å². The minimum Gasteiger partial charge on any atom is -0.478 e. The van der Waals surface area contributed by atoms with Gasteiger partial charge in [0.25, 0.3) is 6.43 Å². The van der Waals surface area contributed by atoms with E-state index in [0.29, 0.717) is 0 Å². The second-order valence-electron chi connectivity index (χ2n) is 4.92. The lowest BCUT2D eigenvalue weighted by molar-refractivity contribution is 0.0681. The number of aromatic carboxylic acids is 1. The highest BCUT2D eigenvalue weighted by Crippen LogP contribution is 2.37. The summed E-state index contributed by atoms with van der Waals surface area (Å²) in [5.41, 5.74) is 0.935. The summed E-state index contributed by atoms with van der Waals surface area (Å²) in [5.74, 6) is -1.33. The van der Waals surface area contributed by atoms with E-state index in [-0.39, 0.29) is 11.7 Å². The maximum absolute atomic E-state index is 13.0. The first kappa shape index (κ1) is 13.6. The molecule has 2 aromatic rings. The van der Waals surface area contributed by atoms with Gasteiger partial charge in [0.2, 0.25) is 0 Å². The van der Waals surface area contributed by atoms with Crippen molar-refractivity contribution in [3.05, 3.63) is 58.7 Å². The zero-order valence-corrected chi connectivity index (χ0v) is 11.0. The van der Waals surface area contributed by atoms with Crippen LogP contribution in [0.4, 0.5) is 8.78 Å². The molecule has 4 nitrogen and oxygen atoms in total.